The van der Waals surface area contributed by atoms with E-state index in [-0.39, 0.29) is 66.9 Å². The van der Waals surface area contributed by atoms with Crippen molar-refractivity contribution < 1.29 is 38.5 Å². The molecule has 13 heteroatoms. The van der Waals surface area contributed by atoms with Crippen molar-refractivity contribution in [2.75, 3.05) is 47.5 Å². The molecule has 53 heavy (non-hydrogen) atoms. The molecule has 0 radical (unpaired) electrons. The molecule has 0 saturated carbocycles. The number of hydrogen-bond acceptors (Lipinski definition) is 8. The molecule has 3 N–H and O–H groups in total. The van der Waals surface area contributed by atoms with Gasteiger partial charge in [-0.2, -0.15) is 0 Å². The van der Waals surface area contributed by atoms with E-state index in [0.29, 0.717) is 32.5 Å². The van der Waals surface area contributed by atoms with E-state index in [9.17, 15) is 24.3 Å². The van der Waals surface area contributed by atoms with E-state index in [1.807, 2.05) is 71.9 Å². The molecule has 0 bridgehead atoms. The largest absolute Gasteiger partial charge is 0.394 e. The molecule has 2 aliphatic heterocycles. The fourth-order valence-corrected chi connectivity index (χ4v) is 8.00. The van der Waals surface area contributed by atoms with Gasteiger partial charge in [-0.15, -0.1) is 0 Å². The first-order chi connectivity index (χ1) is 25.2. The maximum absolute atomic E-state index is 14.2. The lowest BCUT2D eigenvalue weighted by Crippen LogP contribution is -2.60. The predicted octanol–water partition coefficient (Wildman–Crippen LogP) is 3.47. The number of benzene rings is 1. The first kappa shape index (κ1) is 44.1. The SMILES string of the molecule is CC[C@H](C)[C@@H]([C@H](CC(=O)N1CCC[C@H]1[C@H](OC)[C@@H](C)C(=O)N[C@H](CO)Cc1ccccc1)OC)N(C)C(=O)[C@@H](NC(=O)N1C[C@@H](C)O[C@@H](C)C1)C(C)C. The Balaban J connectivity index is 1.74. The summed E-state index contributed by atoms with van der Waals surface area (Å²) in [5.41, 5.74) is 1.01. The molecule has 0 aromatic heterocycles. The number of aliphatic hydroxyl groups is 1. The summed E-state index contributed by atoms with van der Waals surface area (Å²) in [7, 11) is 4.85. The number of urea groups is 1. The Morgan fingerprint density at radius 3 is 2.19 bits per heavy atom. The molecule has 2 fully saturated rings. The van der Waals surface area contributed by atoms with Gasteiger partial charge in [-0.3, -0.25) is 14.4 Å². The summed E-state index contributed by atoms with van der Waals surface area (Å²) in [4.78, 5) is 60.4. The van der Waals surface area contributed by atoms with Crippen molar-refractivity contribution >= 4 is 23.8 Å². The molecular formula is C40H67N5O8. The lowest BCUT2D eigenvalue weighted by Gasteiger charge is -2.41. The average molecular weight is 746 g/mol. The van der Waals surface area contributed by atoms with Crippen LogP contribution in [0.25, 0.3) is 0 Å². The first-order valence-electron chi connectivity index (χ1n) is 19.4. The number of aliphatic hydroxyl groups excluding tert-OH is 1. The van der Waals surface area contributed by atoms with Crippen molar-refractivity contribution in [1.29, 1.82) is 0 Å². The molecule has 1 aromatic rings. The van der Waals surface area contributed by atoms with Crippen molar-refractivity contribution in [2.24, 2.45) is 17.8 Å². The van der Waals surface area contributed by atoms with Gasteiger partial charge in [-0.05, 0) is 50.5 Å². The van der Waals surface area contributed by atoms with Crippen LogP contribution in [0.5, 0.6) is 0 Å². The van der Waals surface area contributed by atoms with Gasteiger partial charge in [0.2, 0.25) is 17.7 Å². The molecule has 0 aliphatic carbocycles. The zero-order valence-corrected chi connectivity index (χ0v) is 33.7. The van der Waals surface area contributed by atoms with Crippen LogP contribution in [0.1, 0.15) is 79.7 Å². The smallest absolute Gasteiger partial charge is 0.318 e. The van der Waals surface area contributed by atoms with Gasteiger partial charge >= 0.3 is 6.03 Å². The van der Waals surface area contributed by atoms with Gasteiger partial charge in [0.15, 0.2) is 0 Å². The van der Waals surface area contributed by atoms with Gasteiger partial charge in [0.1, 0.15) is 6.04 Å². The third kappa shape index (κ3) is 11.9. The van der Waals surface area contributed by atoms with Crippen molar-refractivity contribution in [3.8, 4) is 0 Å². The van der Waals surface area contributed by atoms with Crippen molar-refractivity contribution in [2.45, 2.75) is 129 Å². The number of amides is 5. The highest BCUT2D eigenvalue weighted by molar-refractivity contribution is 5.87. The first-order valence-corrected chi connectivity index (χ1v) is 19.4. The molecule has 300 valence electrons. The van der Waals surface area contributed by atoms with Gasteiger partial charge < -0.3 is 44.7 Å². The third-order valence-corrected chi connectivity index (χ3v) is 11.1. The normalized spacial score (nSPS) is 23.1. The second kappa shape index (κ2) is 21.0. The van der Waals surface area contributed by atoms with Crippen molar-refractivity contribution in [3.05, 3.63) is 35.9 Å². The summed E-state index contributed by atoms with van der Waals surface area (Å²) < 4.78 is 17.7. The number of carbonyl (C=O) groups is 4. The van der Waals surface area contributed by atoms with Crippen LogP contribution < -0.4 is 10.6 Å². The molecule has 3 rings (SSSR count). The number of likely N-dealkylation sites (tertiary alicyclic amines) is 1. The number of likely N-dealkylation sites (N-methyl/N-ethyl adjacent to an activating group) is 1. The number of nitrogens with zero attached hydrogens (tertiary/aromatic N) is 3. The van der Waals surface area contributed by atoms with E-state index in [2.05, 4.69) is 10.6 Å². The lowest BCUT2D eigenvalue weighted by atomic mass is 9.89. The lowest BCUT2D eigenvalue weighted by molar-refractivity contribution is -0.147. The number of rotatable bonds is 18. The van der Waals surface area contributed by atoms with Gasteiger partial charge in [0.25, 0.3) is 0 Å². The van der Waals surface area contributed by atoms with Crippen LogP contribution in [-0.4, -0.2) is 140 Å². The van der Waals surface area contributed by atoms with Crippen LogP contribution in [0, 0.1) is 17.8 Å². The molecule has 2 aliphatic rings. The second-order valence-corrected chi connectivity index (χ2v) is 15.5. The second-order valence-electron chi connectivity index (χ2n) is 15.5. The topological polar surface area (TPSA) is 150 Å². The third-order valence-electron chi connectivity index (χ3n) is 11.1. The van der Waals surface area contributed by atoms with E-state index in [1.165, 1.54) is 0 Å². The Hall–Kier alpha value is -3.26. The minimum atomic E-state index is -0.781. The number of carbonyl (C=O) groups excluding carboxylic acids is 4. The molecule has 1 aromatic carbocycles. The molecule has 13 nitrogen and oxygen atoms in total. The number of nitrogens with one attached hydrogen (secondary N) is 2. The zero-order chi connectivity index (χ0) is 39.4. The fraction of sp³-hybridized carbons (Fsp3) is 0.750. The quantitative estimate of drug-likeness (QED) is 0.207. The Morgan fingerprint density at radius 1 is 1.00 bits per heavy atom. The fourth-order valence-electron chi connectivity index (χ4n) is 8.00. The highest BCUT2D eigenvalue weighted by Gasteiger charge is 2.43. The number of morpholine rings is 1. The van der Waals surface area contributed by atoms with E-state index in [4.69, 9.17) is 14.2 Å². The number of methoxy groups -OCH3 is 2. The Morgan fingerprint density at radius 2 is 1.64 bits per heavy atom. The van der Waals surface area contributed by atoms with Crippen LogP contribution in [0.15, 0.2) is 30.3 Å². The average Bonchev–Trinajstić information content (AvgIpc) is 3.62. The van der Waals surface area contributed by atoms with E-state index < -0.39 is 36.3 Å². The molecule has 2 saturated heterocycles. The standard InChI is InChI=1S/C40H67N5O8/c1-11-26(4)36(43(8)39(49)35(25(2)3)42-40(50)44-22-27(5)53-28(6)23-44)33(51-9)21-34(47)45-19-15-18-32(45)37(52-10)29(7)38(48)41-31(24-46)20-30-16-13-12-14-17-30/h12-14,16-17,25-29,31-33,35-37,46H,11,15,18-24H2,1-10H3,(H,41,48)(H,42,50)/t26-,27-,28+,29+,31-,32-,33-,35-,36-,37+/m0/s1. The number of hydrogen-bond donors (Lipinski definition) is 3. The Bertz CT molecular complexity index is 1310. The number of ether oxygens (including phenoxy) is 3. The van der Waals surface area contributed by atoms with Crippen LogP contribution in [0.4, 0.5) is 4.79 Å². The molecule has 5 amide bonds. The van der Waals surface area contributed by atoms with Gasteiger partial charge in [0, 0.05) is 40.9 Å². The van der Waals surface area contributed by atoms with Crippen LogP contribution >= 0.6 is 0 Å². The molecule has 10 atom stereocenters. The van der Waals surface area contributed by atoms with E-state index in [0.717, 1.165) is 18.4 Å². The molecule has 0 unspecified atom stereocenters. The highest BCUT2D eigenvalue weighted by Crippen LogP contribution is 2.30. The Labute approximate surface area is 317 Å². The summed E-state index contributed by atoms with van der Waals surface area (Å²) in [5, 5.41) is 16.0. The van der Waals surface area contributed by atoms with Gasteiger partial charge in [0.05, 0.1) is 61.5 Å². The zero-order valence-electron chi connectivity index (χ0n) is 33.7. The minimum absolute atomic E-state index is 0.0219. The molecule has 2 heterocycles. The van der Waals surface area contributed by atoms with Crippen LogP contribution in [-0.2, 0) is 35.0 Å². The van der Waals surface area contributed by atoms with Crippen LogP contribution in [0.2, 0.25) is 0 Å². The Kier molecular flexibility index (Phi) is 17.5. The van der Waals surface area contributed by atoms with Crippen molar-refractivity contribution in [1.82, 2.24) is 25.3 Å². The molecular weight excluding hydrogens is 678 g/mol. The monoisotopic (exact) mass is 745 g/mol. The summed E-state index contributed by atoms with van der Waals surface area (Å²) in [5.74, 6) is -1.43. The summed E-state index contributed by atoms with van der Waals surface area (Å²) in [6.07, 6.45) is 1.30. The summed E-state index contributed by atoms with van der Waals surface area (Å²) in [6.45, 7) is 14.7. The van der Waals surface area contributed by atoms with E-state index in [1.54, 1.807) is 42.9 Å². The summed E-state index contributed by atoms with van der Waals surface area (Å²) in [6, 6.07) is 7.36. The van der Waals surface area contributed by atoms with Gasteiger partial charge in [-0.25, -0.2) is 4.79 Å². The minimum Gasteiger partial charge on any atom is -0.394 e. The molecule has 0 spiro atoms. The highest BCUT2D eigenvalue weighted by atomic mass is 16.5. The van der Waals surface area contributed by atoms with Crippen molar-refractivity contribution in [3.63, 3.8) is 0 Å². The van der Waals surface area contributed by atoms with Gasteiger partial charge in [-0.1, -0.05) is 71.4 Å². The predicted molar refractivity (Wildman–Crippen MR) is 204 cm³/mol. The summed E-state index contributed by atoms with van der Waals surface area (Å²) >= 11 is 0. The maximum atomic E-state index is 14.2. The van der Waals surface area contributed by atoms with Crippen LogP contribution in [0.3, 0.4) is 0 Å². The maximum Gasteiger partial charge on any atom is 0.318 e. The van der Waals surface area contributed by atoms with E-state index >= 15 is 0 Å².